The Hall–Kier alpha value is -1.000. The molecule has 0 saturated heterocycles. The third-order valence-corrected chi connectivity index (χ3v) is 3.86. The van der Waals surface area contributed by atoms with Crippen LogP contribution in [0.1, 0.15) is 5.56 Å². The maximum Gasteiger partial charge on any atom is 0.0964 e. The molecule has 0 fully saturated rings. The van der Waals surface area contributed by atoms with E-state index in [9.17, 15) is 0 Å². The number of benzene rings is 1. The lowest BCUT2D eigenvalue weighted by Crippen LogP contribution is -1.88. The van der Waals surface area contributed by atoms with Crippen molar-refractivity contribution in [2.24, 2.45) is 0 Å². The van der Waals surface area contributed by atoms with Crippen LogP contribution in [0, 0.1) is 0 Å². The van der Waals surface area contributed by atoms with Crippen molar-refractivity contribution in [3.63, 3.8) is 0 Å². The molecule has 82 valence electrons. The van der Waals surface area contributed by atoms with Gasteiger partial charge in [-0.25, -0.2) is 4.98 Å². The van der Waals surface area contributed by atoms with Crippen molar-refractivity contribution in [1.82, 2.24) is 4.98 Å². The Kier molecular flexibility index (Phi) is 3.85. The van der Waals surface area contributed by atoms with Crippen molar-refractivity contribution < 1.29 is 0 Å². The molecule has 2 N–H and O–H groups in total. The predicted octanol–water partition coefficient (Wildman–Crippen LogP) is 3.72. The van der Waals surface area contributed by atoms with E-state index in [1.165, 1.54) is 5.56 Å². The highest BCUT2D eigenvalue weighted by Gasteiger charge is 2.00. The van der Waals surface area contributed by atoms with E-state index in [0.29, 0.717) is 5.69 Å². The number of anilines is 1. The largest absolute Gasteiger partial charge is 0.397 e. The molecule has 0 radical (unpaired) electrons. The van der Waals surface area contributed by atoms with E-state index < -0.39 is 0 Å². The second kappa shape index (κ2) is 5.37. The lowest BCUT2D eigenvalue weighted by Gasteiger charge is -2.03. The zero-order chi connectivity index (χ0) is 11.4. The third kappa shape index (κ3) is 3.00. The van der Waals surface area contributed by atoms with E-state index in [1.54, 1.807) is 18.0 Å². The van der Waals surface area contributed by atoms with Gasteiger partial charge in [0.1, 0.15) is 0 Å². The van der Waals surface area contributed by atoms with Crippen LogP contribution in [0.4, 0.5) is 5.69 Å². The normalized spacial score (nSPS) is 10.3. The monoisotopic (exact) mass is 294 g/mol. The summed E-state index contributed by atoms with van der Waals surface area (Å²) in [5, 5.41) is 0.991. The fraction of sp³-hybridized carbons (Fsp3) is 0.0833. The number of thioether (sulfide) groups is 1. The fourth-order valence-electron chi connectivity index (χ4n) is 1.24. The molecule has 16 heavy (non-hydrogen) atoms. The van der Waals surface area contributed by atoms with Crippen LogP contribution in [-0.2, 0) is 5.75 Å². The minimum atomic E-state index is 0.699. The van der Waals surface area contributed by atoms with Crippen molar-refractivity contribution in [3.05, 3.63) is 52.6 Å². The van der Waals surface area contributed by atoms with Crippen LogP contribution in [0.15, 0.2) is 52.1 Å². The Labute approximate surface area is 107 Å². The summed E-state index contributed by atoms with van der Waals surface area (Å²) in [6, 6.07) is 12.0. The van der Waals surface area contributed by atoms with Gasteiger partial charge in [0.05, 0.1) is 16.9 Å². The van der Waals surface area contributed by atoms with E-state index in [4.69, 9.17) is 5.73 Å². The molecule has 0 amide bonds. The lowest BCUT2D eigenvalue weighted by atomic mass is 10.2. The maximum absolute atomic E-state index is 5.58. The van der Waals surface area contributed by atoms with Gasteiger partial charge in [-0.1, -0.05) is 34.1 Å². The summed E-state index contributed by atoms with van der Waals surface area (Å²) in [4.78, 5) is 4.25. The third-order valence-electron chi connectivity index (χ3n) is 2.09. The molecule has 0 saturated carbocycles. The molecule has 1 aromatic carbocycles. The topological polar surface area (TPSA) is 38.9 Å². The van der Waals surface area contributed by atoms with Gasteiger partial charge in [0.2, 0.25) is 0 Å². The number of rotatable bonds is 3. The van der Waals surface area contributed by atoms with E-state index in [2.05, 4.69) is 27.0 Å². The van der Waals surface area contributed by atoms with E-state index in [0.717, 1.165) is 15.3 Å². The molecule has 0 atom stereocenters. The highest BCUT2D eigenvalue weighted by molar-refractivity contribution is 9.10. The van der Waals surface area contributed by atoms with Crippen molar-refractivity contribution in [2.45, 2.75) is 10.8 Å². The molecule has 2 aromatic rings. The summed E-state index contributed by atoms with van der Waals surface area (Å²) in [5.74, 6) is 0.901. The first-order valence-electron chi connectivity index (χ1n) is 4.83. The quantitative estimate of drug-likeness (QED) is 0.877. The first kappa shape index (κ1) is 11.5. The highest BCUT2D eigenvalue weighted by Crippen LogP contribution is 2.25. The summed E-state index contributed by atoms with van der Waals surface area (Å²) in [6.45, 7) is 0. The number of halogens is 1. The molecule has 4 heteroatoms. The first-order valence-corrected chi connectivity index (χ1v) is 6.61. The molecule has 0 aliphatic heterocycles. The molecule has 2 rings (SSSR count). The minimum Gasteiger partial charge on any atom is -0.397 e. The number of nitrogens with zero attached hydrogens (tertiary/aromatic N) is 1. The highest BCUT2D eigenvalue weighted by atomic mass is 79.9. The number of nitrogens with two attached hydrogens (primary N) is 1. The molecule has 0 bridgehead atoms. The minimum absolute atomic E-state index is 0.699. The second-order valence-electron chi connectivity index (χ2n) is 3.31. The zero-order valence-electron chi connectivity index (χ0n) is 8.56. The van der Waals surface area contributed by atoms with E-state index in [1.807, 2.05) is 30.3 Å². The first-order chi connectivity index (χ1) is 7.75. The van der Waals surface area contributed by atoms with Gasteiger partial charge in [0, 0.05) is 10.2 Å². The predicted molar refractivity (Wildman–Crippen MR) is 72.4 cm³/mol. The standard InChI is InChI=1S/C12H11BrN2S/c13-11-4-2-1-3-9(11)8-16-12-6-5-10(14)7-15-12/h1-7H,8,14H2. The second-order valence-corrected chi connectivity index (χ2v) is 5.16. The number of aromatic nitrogens is 1. The van der Waals surface area contributed by atoms with Crippen LogP contribution in [0.2, 0.25) is 0 Å². The van der Waals surface area contributed by atoms with Crippen molar-refractivity contribution >= 4 is 33.4 Å². The van der Waals surface area contributed by atoms with Crippen molar-refractivity contribution in [1.29, 1.82) is 0 Å². The van der Waals surface area contributed by atoms with Crippen LogP contribution >= 0.6 is 27.7 Å². The summed E-state index contributed by atoms with van der Waals surface area (Å²) < 4.78 is 1.14. The number of pyridine rings is 1. The molecule has 2 nitrogen and oxygen atoms in total. The summed E-state index contributed by atoms with van der Waals surface area (Å²) in [5.41, 5.74) is 7.55. The summed E-state index contributed by atoms with van der Waals surface area (Å²) in [7, 11) is 0. The van der Waals surface area contributed by atoms with Gasteiger partial charge >= 0.3 is 0 Å². The molecule has 0 aliphatic rings. The van der Waals surface area contributed by atoms with Gasteiger partial charge in [-0.3, -0.25) is 0 Å². The number of nitrogen functional groups attached to an aromatic ring is 1. The Balaban J connectivity index is 2.02. The van der Waals surface area contributed by atoms with E-state index in [-0.39, 0.29) is 0 Å². The summed E-state index contributed by atoms with van der Waals surface area (Å²) >= 11 is 5.23. The fourth-order valence-corrected chi connectivity index (χ4v) is 2.70. The van der Waals surface area contributed by atoms with Gasteiger partial charge in [0.25, 0.3) is 0 Å². The Morgan fingerprint density at radius 3 is 2.69 bits per heavy atom. The van der Waals surface area contributed by atoms with Gasteiger partial charge in [-0.2, -0.15) is 0 Å². The van der Waals surface area contributed by atoms with Gasteiger partial charge in [0.15, 0.2) is 0 Å². The lowest BCUT2D eigenvalue weighted by molar-refractivity contribution is 1.13. The molecule has 0 unspecified atom stereocenters. The van der Waals surface area contributed by atoms with Crippen LogP contribution in [0.25, 0.3) is 0 Å². The maximum atomic E-state index is 5.58. The number of hydrogen-bond donors (Lipinski definition) is 1. The van der Waals surface area contributed by atoms with Crippen LogP contribution in [0.5, 0.6) is 0 Å². The van der Waals surface area contributed by atoms with Crippen LogP contribution in [-0.4, -0.2) is 4.98 Å². The van der Waals surface area contributed by atoms with Crippen molar-refractivity contribution in [2.75, 3.05) is 5.73 Å². The van der Waals surface area contributed by atoms with Gasteiger partial charge < -0.3 is 5.73 Å². The van der Waals surface area contributed by atoms with E-state index >= 15 is 0 Å². The average Bonchev–Trinajstić information content (AvgIpc) is 2.30. The molecular formula is C12H11BrN2S. The zero-order valence-corrected chi connectivity index (χ0v) is 11.0. The Morgan fingerprint density at radius 2 is 2.00 bits per heavy atom. The number of hydrogen-bond acceptors (Lipinski definition) is 3. The summed E-state index contributed by atoms with van der Waals surface area (Å²) in [6.07, 6.45) is 1.68. The molecular weight excluding hydrogens is 284 g/mol. The van der Waals surface area contributed by atoms with Crippen molar-refractivity contribution in [3.8, 4) is 0 Å². The van der Waals surface area contributed by atoms with Gasteiger partial charge in [-0.15, -0.1) is 11.8 Å². The Bertz CT molecular complexity index is 471. The van der Waals surface area contributed by atoms with Gasteiger partial charge in [-0.05, 0) is 23.8 Å². The SMILES string of the molecule is Nc1ccc(SCc2ccccc2Br)nc1. The molecule has 1 aromatic heterocycles. The average molecular weight is 295 g/mol. The molecule has 0 aliphatic carbocycles. The van der Waals surface area contributed by atoms with Crippen LogP contribution < -0.4 is 5.73 Å². The smallest absolute Gasteiger partial charge is 0.0964 e. The Morgan fingerprint density at radius 1 is 1.19 bits per heavy atom. The molecule has 1 heterocycles. The van der Waals surface area contributed by atoms with Crippen LogP contribution in [0.3, 0.4) is 0 Å². The molecule has 0 spiro atoms.